The highest BCUT2D eigenvalue weighted by atomic mass is 16.5. The number of nitrogens with zero attached hydrogens (tertiary/aromatic N) is 2. The highest BCUT2D eigenvalue weighted by molar-refractivity contribution is 5.79. The Balaban J connectivity index is 1.38. The van der Waals surface area contributed by atoms with Gasteiger partial charge in [-0.2, -0.15) is 0 Å². The molecule has 1 N–H and O–H groups in total. The molecular formula is C24H33N3O3. The molecule has 0 bridgehead atoms. The van der Waals surface area contributed by atoms with Crippen LogP contribution in [0.2, 0.25) is 0 Å². The minimum absolute atomic E-state index is 0.324. The second-order valence-corrected chi connectivity index (χ2v) is 7.42. The van der Waals surface area contributed by atoms with Crippen LogP contribution in [0.3, 0.4) is 0 Å². The Morgan fingerprint density at radius 2 is 1.77 bits per heavy atom. The molecule has 0 aromatic heterocycles. The van der Waals surface area contributed by atoms with Crippen molar-refractivity contribution in [1.82, 2.24) is 10.2 Å². The summed E-state index contributed by atoms with van der Waals surface area (Å²) in [5.74, 6) is 1.73. The van der Waals surface area contributed by atoms with Gasteiger partial charge < -0.3 is 24.4 Å². The molecule has 0 spiro atoms. The van der Waals surface area contributed by atoms with Gasteiger partial charge in [0.25, 0.3) is 0 Å². The summed E-state index contributed by atoms with van der Waals surface area (Å²) >= 11 is 0. The van der Waals surface area contributed by atoms with Crippen molar-refractivity contribution in [2.75, 3.05) is 40.5 Å². The number of ether oxygens (including phenoxy) is 3. The third-order valence-electron chi connectivity index (χ3n) is 5.14. The molecule has 6 heteroatoms. The van der Waals surface area contributed by atoms with Gasteiger partial charge in [-0.15, -0.1) is 0 Å². The highest BCUT2D eigenvalue weighted by Crippen LogP contribution is 2.14. The molecule has 2 aromatic rings. The van der Waals surface area contributed by atoms with Crippen LogP contribution in [0, 0.1) is 0 Å². The monoisotopic (exact) mass is 411 g/mol. The van der Waals surface area contributed by atoms with E-state index >= 15 is 0 Å². The molecule has 1 aliphatic rings. The van der Waals surface area contributed by atoms with E-state index in [-0.39, 0.29) is 0 Å². The summed E-state index contributed by atoms with van der Waals surface area (Å²) in [5.41, 5.74) is 2.41. The minimum atomic E-state index is 0.324. The lowest BCUT2D eigenvalue weighted by Gasteiger charge is -2.23. The van der Waals surface area contributed by atoms with Gasteiger partial charge >= 0.3 is 0 Å². The van der Waals surface area contributed by atoms with Crippen LogP contribution in [-0.4, -0.2) is 57.4 Å². The van der Waals surface area contributed by atoms with Crippen LogP contribution < -0.4 is 10.1 Å². The fourth-order valence-corrected chi connectivity index (χ4v) is 3.30. The molecule has 1 heterocycles. The maximum atomic E-state index is 5.99. The molecule has 0 radical (unpaired) electrons. The lowest BCUT2D eigenvalue weighted by Crippen LogP contribution is -2.40. The summed E-state index contributed by atoms with van der Waals surface area (Å²) in [4.78, 5) is 6.44. The number of rotatable bonds is 9. The standard InChI is InChI=1S/C24H33N3O3/c1-25-24(27(2)14-17-29-22-6-4-3-5-7-22)26-18-20-8-10-21(11-9-20)19-30-23-12-15-28-16-13-23/h3-11,23H,12-19H2,1-2H3,(H,25,26). The third kappa shape index (κ3) is 7.35. The van der Waals surface area contributed by atoms with Crippen molar-refractivity contribution >= 4 is 5.96 Å². The van der Waals surface area contributed by atoms with Gasteiger partial charge in [-0.05, 0) is 36.1 Å². The lowest BCUT2D eigenvalue weighted by atomic mass is 10.1. The number of nitrogens with one attached hydrogen (secondary N) is 1. The quantitative estimate of drug-likeness (QED) is 0.506. The minimum Gasteiger partial charge on any atom is -0.492 e. The SMILES string of the molecule is CN=C(NCc1ccc(COC2CCOCC2)cc1)N(C)CCOc1ccccc1. The molecular weight excluding hydrogens is 378 g/mol. The van der Waals surface area contributed by atoms with Crippen LogP contribution in [0.5, 0.6) is 5.75 Å². The van der Waals surface area contributed by atoms with Gasteiger partial charge in [-0.3, -0.25) is 4.99 Å². The molecule has 0 atom stereocenters. The van der Waals surface area contributed by atoms with E-state index in [9.17, 15) is 0 Å². The highest BCUT2D eigenvalue weighted by Gasteiger charge is 2.14. The Bertz CT molecular complexity index is 759. The molecule has 162 valence electrons. The normalized spacial score (nSPS) is 15.1. The smallest absolute Gasteiger partial charge is 0.193 e. The Kier molecular flexibility index (Phi) is 9.00. The van der Waals surface area contributed by atoms with Gasteiger partial charge in [0.2, 0.25) is 0 Å². The average molecular weight is 412 g/mol. The zero-order valence-electron chi connectivity index (χ0n) is 18.0. The van der Waals surface area contributed by atoms with Crippen LogP contribution in [-0.2, 0) is 22.6 Å². The fourth-order valence-electron chi connectivity index (χ4n) is 3.30. The van der Waals surface area contributed by atoms with Gasteiger partial charge in [0.05, 0.1) is 19.3 Å². The van der Waals surface area contributed by atoms with Crippen molar-refractivity contribution in [3.05, 3.63) is 65.7 Å². The predicted octanol–water partition coefficient (Wildman–Crippen LogP) is 3.47. The molecule has 0 saturated carbocycles. The van der Waals surface area contributed by atoms with Gasteiger partial charge in [-0.1, -0.05) is 42.5 Å². The van der Waals surface area contributed by atoms with Crippen LogP contribution in [0.25, 0.3) is 0 Å². The molecule has 2 aromatic carbocycles. The summed E-state index contributed by atoms with van der Waals surface area (Å²) in [5, 5.41) is 3.41. The molecule has 1 aliphatic heterocycles. The number of para-hydroxylation sites is 1. The summed E-state index contributed by atoms with van der Waals surface area (Å²) in [7, 11) is 3.81. The third-order valence-corrected chi connectivity index (χ3v) is 5.14. The summed E-state index contributed by atoms with van der Waals surface area (Å²) in [6.45, 7) is 4.34. The first-order valence-corrected chi connectivity index (χ1v) is 10.6. The van der Waals surface area contributed by atoms with E-state index in [1.807, 2.05) is 37.4 Å². The van der Waals surface area contributed by atoms with E-state index in [2.05, 4.69) is 39.5 Å². The second-order valence-electron chi connectivity index (χ2n) is 7.42. The fraction of sp³-hybridized carbons (Fsp3) is 0.458. The molecule has 0 amide bonds. The predicted molar refractivity (Wildman–Crippen MR) is 120 cm³/mol. The van der Waals surface area contributed by atoms with Crippen LogP contribution in [0.1, 0.15) is 24.0 Å². The van der Waals surface area contributed by atoms with Gasteiger partial charge in [0.1, 0.15) is 12.4 Å². The number of aliphatic imine (C=N–C) groups is 1. The number of hydrogen-bond donors (Lipinski definition) is 1. The van der Waals surface area contributed by atoms with E-state index in [4.69, 9.17) is 14.2 Å². The Morgan fingerprint density at radius 3 is 2.47 bits per heavy atom. The van der Waals surface area contributed by atoms with Gasteiger partial charge in [-0.25, -0.2) is 0 Å². The zero-order chi connectivity index (χ0) is 21.0. The Morgan fingerprint density at radius 1 is 1.07 bits per heavy atom. The van der Waals surface area contributed by atoms with E-state index < -0.39 is 0 Å². The van der Waals surface area contributed by atoms with E-state index in [0.29, 0.717) is 19.3 Å². The van der Waals surface area contributed by atoms with E-state index in [0.717, 1.165) is 50.9 Å². The van der Waals surface area contributed by atoms with E-state index in [1.54, 1.807) is 7.05 Å². The topological polar surface area (TPSA) is 55.3 Å². The molecule has 3 rings (SSSR count). The summed E-state index contributed by atoms with van der Waals surface area (Å²) < 4.78 is 17.1. The number of hydrogen-bond acceptors (Lipinski definition) is 4. The summed E-state index contributed by atoms with van der Waals surface area (Å²) in [6, 6.07) is 18.4. The number of likely N-dealkylation sites (N-methyl/N-ethyl adjacent to an activating group) is 1. The van der Waals surface area contributed by atoms with Crippen molar-refractivity contribution in [3.8, 4) is 5.75 Å². The first kappa shape index (κ1) is 22.1. The van der Waals surface area contributed by atoms with Crippen molar-refractivity contribution in [2.24, 2.45) is 4.99 Å². The molecule has 30 heavy (non-hydrogen) atoms. The number of guanidine groups is 1. The molecule has 1 saturated heterocycles. The van der Waals surface area contributed by atoms with Crippen molar-refractivity contribution in [3.63, 3.8) is 0 Å². The van der Waals surface area contributed by atoms with E-state index in [1.165, 1.54) is 11.1 Å². The average Bonchev–Trinajstić information content (AvgIpc) is 2.80. The molecule has 6 nitrogen and oxygen atoms in total. The summed E-state index contributed by atoms with van der Waals surface area (Å²) in [6.07, 6.45) is 2.31. The first-order chi connectivity index (χ1) is 14.7. The zero-order valence-corrected chi connectivity index (χ0v) is 18.0. The maximum Gasteiger partial charge on any atom is 0.193 e. The van der Waals surface area contributed by atoms with Crippen LogP contribution in [0.15, 0.2) is 59.6 Å². The van der Waals surface area contributed by atoms with Crippen LogP contribution >= 0.6 is 0 Å². The van der Waals surface area contributed by atoms with Gasteiger partial charge in [0, 0.05) is 33.9 Å². The van der Waals surface area contributed by atoms with Crippen LogP contribution in [0.4, 0.5) is 0 Å². The molecule has 0 unspecified atom stereocenters. The largest absolute Gasteiger partial charge is 0.492 e. The van der Waals surface area contributed by atoms with Gasteiger partial charge in [0.15, 0.2) is 5.96 Å². The molecule has 0 aliphatic carbocycles. The number of benzene rings is 2. The van der Waals surface area contributed by atoms with Crippen molar-refractivity contribution < 1.29 is 14.2 Å². The van der Waals surface area contributed by atoms with Crippen molar-refractivity contribution in [1.29, 1.82) is 0 Å². The van der Waals surface area contributed by atoms with Crippen molar-refractivity contribution in [2.45, 2.75) is 32.1 Å². The lowest BCUT2D eigenvalue weighted by molar-refractivity contribution is -0.0390. The second kappa shape index (κ2) is 12.2. The molecule has 1 fully saturated rings. The maximum absolute atomic E-state index is 5.99. The Labute approximate surface area is 179 Å². The Hall–Kier alpha value is -2.57. The first-order valence-electron chi connectivity index (χ1n) is 10.6.